The molecule has 0 aromatic carbocycles. The van der Waals surface area contributed by atoms with Crippen LogP contribution >= 0.6 is 25.3 Å². The molecule has 5 nitrogen and oxygen atoms in total. The molecule has 0 aliphatic carbocycles. The normalized spacial score (nSPS) is 12.2. The fourth-order valence-corrected chi connectivity index (χ4v) is 0.501. The number of thiol groups is 2. The van der Waals surface area contributed by atoms with Crippen molar-refractivity contribution in [3.8, 4) is 0 Å². The summed E-state index contributed by atoms with van der Waals surface area (Å²) in [6.07, 6.45) is 0. The molecule has 66 valence electrons. The van der Waals surface area contributed by atoms with Crippen molar-refractivity contribution in [1.29, 1.82) is 0 Å². The Balaban J connectivity index is -0.000000135. The SMILES string of the molecule is O.O=C([O-])C(S)C(S)C(=O)[O-].[Na+].[Na+]. The first-order valence-electron chi connectivity index (χ1n) is 2.24. The summed E-state index contributed by atoms with van der Waals surface area (Å²) < 4.78 is 0. The van der Waals surface area contributed by atoms with E-state index < -0.39 is 22.4 Å². The number of carbonyl (C=O) groups is 2. The van der Waals surface area contributed by atoms with E-state index in [1.165, 1.54) is 0 Å². The molecule has 0 radical (unpaired) electrons. The molecule has 2 N–H and O–H groups in total. The number of carboxylic acid groups (broad SMARTS) is 2. The van der Waals surface area contributed by atoms with E-state index in [1.54, 1.807) is 0 Å². The van der Waals surface area contributed by atoms with Gasteiger partial charge in [-0.25, -0.2) is 0 Å². The molecule has 0 aliphatic rings. The number of aliphatic carboxylic acids is 2. The molecule has 0 saturated carbocycles. The predicted octanol–water partition coefficient (Wildman–Crippen LogP) is -9.73. The average Bonchev–Trinajstić information content (AvgIpc) is 1.84. The van der Waals surface area contributed by atoms with Crippen molar-refractivity contribution in [2.45, 2.75) is 10.5 Å². The maximum atomic E-state index is 9.92. The van der Waals surface area contributed by atoms with Crippen LogP contribution < -0.4 is 69.3 Å². The van der Waals surface area contributed by atoms with Gasteiger partial charge in [0, 0.05) is 0 Å². The second-order valence-electron chi connectivity index (χ2n) is 1.53. The van der Waals surface area contributed by atoms with Gasteiger partial charge in [0.1, 0.15) is 0 Å². The molecule has 2 atom stereocenters. The van der Waals surface area contributed by atoms with Crippen LogP contribution in [0.5, 0.6) is 0 Å². The molecule has 0 spiro atoms. The third-order valence-electron chi connectivity index (χ3n) is 0.782. The van der Waals surface area contributed by atoms with Gasteiger partial charge in [-0.15, -0.1) is 0 Å². The molecule has 0 aromatic heterocycles. The van der Waals surface area contributed by atoms with Gasteiger partial charge in [0.15, 0.2) is 0 Å². The summed E-state index contributed by atoms with van der Waals surface area (Å²) in [5, 5.41) is 17.0. The van der Waals surface area contributed by atoms with E-state index >= 15 is 0 Å². The molecular weight excluding hydrogens is 238 g/mol. The summed E-state index contributed by atoms with van der Waals surface area (Å²) in [5.41, 5.74) is 0. The zero-order valence-corrected chi connectivity index (χ0v) is 13.0. The molecule has 0 rings (SSSR count). The Morgan fingerprint density at radius 1 is 0.923 bits per heavy atom. The summed E-state index contributed by atoms with van der Waals surface area (Å²) in [4.78, 5) is 19.8. The van der Waals surface area contributed by atoms with E-state index in [4.69, 9.17) is 0 Å². The van der Waals surface area contributed by atoms with Crippen molar-refractivity contribution in [3.05, 3.63) is 0 Å². The molecule has 0 heterocycles. The molecule has 2 unspecified atom stereocenters. The maximum absolute atomic E-state index is 9.92. The third kappa shape index (κ3) is 9.89. The minimum Gasteiger partial charge on any atom is -0.549 e. The molecule has 0 bridgehead atoms. The molecule has 0 amide bonds. The molecular formula is C4H6Na2O5S2. The van der Waals surface area contributed by atoms with E-state index in [0.29, 0.717) is 0 Å². The maximum Gasteiger partial charge on any atom is 1.00 e. The van der Waals surface area contributed by atoms with E-state index in [2.05, 4.69) is 25.3 Å². The molecule has 9 heteroatoms. The van der Waals surface area contributed by atoms with Crippen molar-refractivity contribution < 1.29 is 84.4 Å². The first kappa shape index (κ1) is 24.0. The molecule has 0 saturated heterocycles. The summed E-state index contributed by atoms with van der Waals surface area (Å²) in [7, 11) is 0. The fourth-order valence-electron chi connectivity index (χ4n) is 0.258. The Labute approximate surface area is 130 Å². The third-order valence-corrected chi connectivity index (χ3v) is 2.04. The average molecular weight is 244 g/mol. The Morgan fingerprint density at radius 3 is 1.15 bits per heavy atom. The summed E-state index contributed by atoms with van der Waals surface area (Å²) in [6, 6.07) is 0. The molecule has 0 aliphatic heterocycles. The topological polar surface area (TPSA) is 112 Å². The van der Waals surface area contributed by atoms with E-state index in [1.807, 2.05) is 0 Å². The number of hydrogen-bond acceptors (Lipinski definition) is 6. The first-order valence-corrected chi connectivity index (χ1v) is 3.28. The van der Waals surface area contributed by atoms with Crippen LogP contribution in [0, 0.1) is 0 Å². The van der Waals surface area contributed by atoms with E-state index in [9.17, 15) is 19.8 Å². The van der Waals surface area contributed by atoms with Crippen LogP contribution in [0.3, 0.4) is 0 Å². The summed E-state index contributed by atoms with van der Waals surface area (Å²) in [5.74, 6) is -3.15. The second kappa shape index (κ2) is 11.7. The Kier molecular flexibility index (Phi) is 21.6. The minimum atomic E-state index is -1.58. The van der Waals surface area contributed by atoms with Gasteiger partial charge in [0.2, 0.25) is 0 Å². The molecule has 0 aromatic rings. The van der Waals surface area contributed by atoms with E-state index in [-0.39, 0.29) is 64.6 Å². The minimum absolute atomic E-state index is 0. The van der Waals surface area contributed by atoms with Gasteiger partial charge in [0.05, 0.1) is 22.4 Å². The van der Waals surface area contributed by atoms with Crippen LogP contribution in [0.1, 0.15) is 0 Å². The van der Waals surface area contributed by atoms with Crippen molar-refractivity contribution in [3.63, 3.8) is 0 Å². The number of carboxylic acids is 2. The van der Waals surface area contributed by atoms with Crippen LogP contribution in [-0.2, 0) is 9.59 Å². The Hall–Kier alpha value is 1.60. The van der Waals surface area contributed by atoms with Crippen molar-refractivity contribution in [2.24, 2.45) is 0 Å². The Morgan fingerprint density at radius 2 is 1.08 bits per heavy atom. The second-order valence-corrected chi connectivity index (χ2v) is 2.64. The van der Waals surface area contributed by atoms with Gasteiger partial charge in [-0.3, -0.25) is 0 Å². The first-order chi connectivity index (χ1) is 4.46. The largest absolute Gasteiger partial charge is 1.00 e. The quantitative estimate of drug-likeness (QED) is 0.379. The summed E-state index contributed by atoms with van der Waals surface area (Å²) >= 11 is 6.80. The standard InChI is InChI=1S/C4H6O4S2.2Na.H2O/c5-3(6)1(9)2(10)4(7)8;;;/h1-2,9-10H,(H,5,6)(H,7,8);;;1H2/q;2*+1;/p-2. The summed E-state index contributed by atoms with van der Waals surface area (Å²) in [6.45, 7) is 0. The number of hydrogen-bond donors (Lipinski definition) is 2. The van der Waals surface area contributed by atoms with Crippen molar-refractivity contribution in [1.82, 2.24) is 0 Å². The van der Waals surface area contributed by atoms with Gasteiger partial charge >= 0.3 is 59.1 Å². The zero-order valence-electron chi connectivity index (χ0n) is 7.18. The monoisotopic (exact) mass is 244 g/mol. The van der Waals surface area contributed by atoms with Gasteiger partial charge < -0.3 is 25.3 Å². The predicted molar refractivity (Wildman–Crippen MR) is 39.2 cm³/mol. The smallest absolute Gasteiger partial charge is 0.549 e. The van der Waals surface area contributed by atoms with Crippen LogP contribution in [-0.4, -0.2) is 27.9 Å². The van der Waals surface area contributed by atoms with E-state index in [0.717, 1.165) is 0 Å². The van der Waals surface area contributed by atoms with Gasteiger partial charge in [-0.05, 0) is 0 Å². The van der Waals surface area contributed by atoms with Crippen LogP contribution in [0.2, 0.25) is 0 Å². The van der Waals surface area contributed by atoms with Gasteiger partial charge in [-0.1, -0.05) is 0 Å². The fraction of sp³-hybridized carbons (Fsp3) is 0.500. The van der Waals surface area contributed by atoms with Crippen molar-refractivity contribution >= 4 is 37.2 Å². The van der Waals surface area contributed by atoms with Crippen LogP contribution in [0.15, 0.2) is 0 Å². The van der Waals surface area contributed by atoms with Gasteiger partial charge in [-0.2, -0.15) is 25.3 Å². The molecule has 0 fully saturated rings. The number of rotatable bonds is 3. The molecule has 13 heavy (non-hydrogen) atoms. The van der Waals surface area contributed by atoms with Crippen molar-refractivity contribution in [2.75, 3.05) is 0 Å². The van der Waals surface area contributed by atoms with Crippen LogP contribution in [0.4, 0.5) is 0 Å². The van der Waals surface area contributed by atoms with Gasteiger partial charge in [0.25, 0.3) is 0 Å². The zero-order chi connectivity index (χ0) is 8.31. The number of carbonyl (C=O) groups excluding carboxylic acids is 2. The van der Waals surface area contributed by atoms with Crippen LogP contribution in [0.25, 0.3) is 0 Å². The Bertz CT molecular complexity index is 149.